The number of nitrogens with one attached hydrogen (secondary N) is 1. The van der Waals surface area contributed by atoms with Gasteiger partial charge in [0.2, 0.25) is 10.0 Å². The van der Waals surface area contributed by atoms with E-state index in [9.17, 15) is 17.6 Å². The maximum absolute atomic E-state index is 13.6. The molecule has 126 valence electrons. The number of halogens is 1. The lowest BCUT2D eigenvalue weighted by atomic mass is 10.2. The van der Waals surface area contributed by atoms with Crippen LogP contribution in [0.1, 0.15) is 23.2 Å². The zero-order valence-corrected chi connectivity index (χ0v) is 13.7. The number of amides is 1. The van der Waals surface area contributed by atoms with E-state index in [0.29, 0.717) is 24.3 Å². The summed E-state index contributed by atoms with van der Waals surface area (Å²) in [6.45, 7) is 0.462. The van der Waals surface area contributed by atoms with Gasteiger partial charge in [-0.05, 0) is 49.2 Å². The van der Waals surface area contributed by atoms with Crippen molar-refractivity contribution in [3.05, 3.63) is 59.9 Å². The van der Waals surface area contributed by atoms with Gasteiger partial charge in [0.1, 0.15) is 5.82 Å². The van der Waals surface area contributed by atoms with Gasteiger partial charge in [-0.25, -0.2) is 12.8 Å². The van der Waals surface area contributed by atoms with Crippen LogP contribution in [0.15, 0.2) is 48.5 Å². The average molecular weight is 348 g/mol. The zero-order chi connectivity index (χ0) is 17.2. The van der Waals surface area contributed by atoms with Crippen LogP contribution in [0, 0.1) is 5.82 Å². The molecule has 0 saturated carbocycles. The quantitative estimate of drug-likeness (QED) is 0.927. The summed E-state index contributed by atoms with van der Waals surface area (Å²) in [5, 5.41) is 2.60. The van der Waals surface area contributed by atoms with Crippen molar-refractivity contribution in [3.63, 3.8) is 0 Å². The largest absolute Gasteiger partial charge is 0.322 e. The van der Waals surface area contributed by atoms with Crippen molar-refractivity contribution in [2.45, 2.75) is 12.8 Å². The Hall–Kier alpha value is -2.41. The number of nitrogens with zero attached hydrogens (tertiary/aromatic N) is 1. The van der Waals surface area contributed by atoms with Crippen LogP contribution < -0.4 is 9.62 Å². The number of carbonyl (C=O) groups is 1. The van der Waals surface area contributed by atoms with E-state index in [1.807, 2.05) is 0 Å². The number of anilines is 2. The molecule has 7 heteroatoms. The fraction of sp³-hybridized carbons (Fsp3) is 0.235. The molecule has 1 amide bonds. The fourth-order valence-corrected chi connectivity index (χ4v) is 4.27. The van der Waals surface area contributed by atoms with Crippen LogP contribution in [-0.4, -0.2) is 26.6 Å². The van der Waals surface area contributed by atoms with E-state index < -0.39 is 21.7 Å². The van der Waals surface area contributed by atoms with Crippen molar-refractivity contribution in [2.75, 3.05) is 21.9 Å². The van der Waals surface area contributed by atoms with Gasteiger partial charge in [0.15, 0.2) is 0 Å². The predicted octanol–water partition coefficient (Wildman–Crippen LogP) is 3.01. The van der Waals surface area contributed by atoms with Crippen LogP contribution in [0.4, 0.5) is 15.8 Å². The van der Waals surface area contributed by atoms with Crippen molar-refractivity contribution < 1.29 is 17.6 Å². The molecule has 1 fully saturated rings. The molecule has 5 nitrogen and oxygen atoms in total. The van der Waals surface area contributed by atoms with Gasteiger partial charge >= 0.3 is 0 Å². The molecule has 0 bridgehead atoms. The smallest absolute Gasteiger partial charge is 0.258 e. The number of rotatable bonds is 3. The Balaban J connectivity index is 1.75. The van der Waals surface area contributed by atoms with Gasteiger partial charge in [-0.15, -0.1) is 0 Å². The summed E-state index contributed by atoms with van der Waals surface area (Å²) < 4.78 is 39.2. The molecule has 1 saturated heterocycles. The Morgan fingerprint density at radius 2 is 1.75 bits per heavy atom. The van der Waals surface area contributed by atoms with E-state index in [2.05, 4.69) is 5.32 Å². The van der Waals surface area contributed by atoms with Gasteiger partial charge < -0.3 is 5.32 Å². The highest BCUT2D eigenvalue weighted by atomic mass is 32.2. The van der Waals surface area contributed by atoms with E-state index in [4.69, 9.17) is 0 Å². The van der Waals surface area contributed by atoms with Crippen molar-refractivity contribution in [2.24, 2.45) is 0 Å². The van der Waals surface area contributed by atoms with Crippen LogP contribution in [-0.2, 0) is 10.0 Å². The molecule has 1 heterocycles. The molecule has 0 spiro atoms. The van der Waals surface area contributed by atoms with Crippen LogP contribution >= 0.6 is 0 Å². The predicted molar refractivity (Wildman–Crippen MR) is 91.2 cm³/mol. The van der Waals surface area contributed by atoms with Gasteiger partial charge in [0.25, 0.3) is 5.91 Å². The van der Waals surface area contributed by atoms with E-state index in [-0.39, 0.29) is 11.3 Å². The highest BCUT2D eigenvalue weighted by molar-refractivity contribution is 7.92. The summed E-state index contributed by atoms with van der Waals surface area (Å²) in [6.07, 6.45) is 1.50. The molecular weight excluding hydrogens is 331 g/mol. The number of carbonyl (C=O) groups excluding carboxylic acids is 1. The number of benzene rings is 2. The lowest BCUT2D eigenvalue weighted by molar-refractivity contribution is 0.102. The number of hydrogen-bond acceptors (Lipinski definition) is 3. The number of sulfonamides is 1. The second kappa shape index (κ2) is 6.60. The van der Waals surface area contributed by atoms with Crippen molar-refractivity contribution in [1.29, 1.82) is 0 Å². The third kappa shape index (κ3) is 3.41. The molecule has 0 aromatic heterocycles. The first-order valence-electron chi connectivity index (χ1n) is 7.64. The molecule has 24 heavy (non-hydrogen) atoms. The Labute approximate surface area is 140 Å². The van der Waals surface area contributed by atoms with Crippen LogP contribution in [0.2, 0.25) is 0 Å². The standard InChI is InChI=1S/C17H17FN2O3S/c18-16-6-2-1-5-15(16)17(21)19-13-7-9-14(10-8-13)20-11-3-4-12-24(20,22)23/h1-2,5-10H,3-4,11-12H2,(H,19,21). The summed E-state index contributed by atoms with van der Waals surface area (Å²) >= 11 is 0. The van der Waals surface area contributed by atoms with Gasteiger partial charge in [-0.2, -0.15) is 0 Å². The Morgan fingerprint density at radius 1 is 1.04 bits per heavy atom. The van der Waals surface area contributed by atoms with Crippen molar-refractivity contribution >= 4 is 27.3 Å². The monoisotopic (exact) mass is 348 g/mol. The second-order valence-electron chi connectivity index (χ2n) is 5.58. The van der Waals surface area contributed by atoms with E-state index in [1.54, 1.807) is 30.3 Å². The summed E-state index contributed by atoms with van der Waals surface area (Å²) in [7, 11) is -3.26. The van der Waals surface area contributed by atoms with Crippen LogP contribution in [0.25, 0.3) is 0 Å². The highest BCUT2D eigenvalue weighted by Gasteiger charge is 2.25. The van der Waals surface area contributed by atoms with Crippen molar-refractivity contribution in [1.82, 2.24) is 0 Å². The average Bonchev–Trinajstić information content (AvgIpc) is 2.56. The zero-order valence-electron chi connectivity index (χ0n) is 12.9. The van der Waals surface area contributed by atoms with E-state index in [1.165, 1.54) is 22.5 Å². The maximum Gasteiger partial charge on any atom is 0.258 e. The fourth-order valence-electron chi connectivity index (χ4n) is 2.63. The molecule has 1 aliphatic heterocycles. The van der Waals surface area contributed by atoms with Crippen molar-refractivity contribution in [3.8, 4) is 0 Å². The minimum Gasteiger partial charge on any atom is -0.322 e. The maximum atomic E-state index is 13.6. The molecule has 1 aliphatic rings. The molecule has 2 aromatic carbocycles. The molecule has 0 radical (unpaired) electrons. The molecule has 0 aliphatic carbocycles. The summed E-state index contributed by atoms with van der Waals surface area (Å²) in [6, 6.07) is 12.2. The molecular formula is C17H17FN2O3S. The summed E-state index contributed by atoms with van der Waals surface area (Å²) in [4.78, 5) is 12.1. The Bertz CT molecular complexity index is 850. The third-order valence-electron chi connectivity index (χ3n) is 3.88. The highest BCUT2D eigenvalue weighted by Crippen LogP contribution is 2.25. The molecule has 0 unspecified atom stereocenters. The van der Waals surface area contributed by atoms with Crippen LogP contribution in [0.5, 0.6) is 0 Å². The first kappa shape index (κ1) is 16.4. The molecule has 1 N–H and O–H groups in total. The topological polar surface area (TPSA) is 66.5 Å². The van der Waals surface area contributed by atoms with E-state index >= 15 is 0 Å². The van der Waals surface area contributed by atoms with E-state index in [0.717, 1.165) is 6.42 Å². The lowest BCUT2D eigenvalue weighted by Gasteiger charge is -2.28. The van der Waals surface area contributed by atoms with Gasteiger partial charge in [0.05, 0.1) is 17.0 Å². The SMILES string of the molecule is O=C(Nc1ccc(N2CCCCS2(=O)=O)cc1)c1ccccc1F. The van der Waals surface area contributed by atoms with Gasteiger partial charge in [-0.1, -0.05) is 12.1 Å². The Kier molecular flexibility index (Phi) is 4.53. The van der Waals surface area contributed by atoms with Gasteiger partial charge in [-0.3, -0.25) is 9.10 Å². The summed E-state index contributed by atoms with van der Waals surface area (Å²) in [5.74, 6) is -0.990. The first-order valence-corrected chi connectivity index (χ1v) is 9.25. The lowest BCUT2D eigenvalue weighted by Crippen LogP contribution is -2.37. The van der Waals surface area contributed by atoms with Crippen LogP contribution in [0.3, 0.4) is 0 Å². The minimum atomic E-state index is -3.26. The second-order valence-corrected chi connectivity index (χ2v) is 7.59. The molecule has 2 aromatic rings. The minimum absolute atomic E-state index is 0.0415. The molecule has 3 rings (SSSR count). The van der Waals surface area contributed by atoms with Gasteiger partial charge in [0, 0.05) is 12.2 Å². The third-order valence-corrected chi connectivity index (χ3v) is 5.75. The Morgan fingerprint density at radius 3 is 2.42 bits per heavy atom. The first-order chi connectivity index (χ1) is 11.5. The summed E-state index contributed by atoms with van der Waals surface area (Å²) in [5.41, 5.74) is 1.00. The normalized spacial score (nSPS) is 16.6. The number of hydrogen-bond donors (Lipinski definition) is 1. The molecule has 0 atom stereocenters.